The van der Waals surface area contributed by atoms with E-state index in [-0.39, 0.29) is 11.8 Å². The molecule has 0 fully saturated rings. The maximum Gasteiger partial charge on any atom is 0.325 e. The number of ketones is 1. The van der Waals surface area contributed by atoms with Crippen molar-refractivity contribution in [3.8, 4) is 0 Å². The van der Waals surface area contributed by atoms with Crippen molar-refractivity contribution in [1.29, 1.82) is 0 Å². The molecule has 0 radical (unpaired) electrons. The van der Waals surface area contributed by atoms with Gasteiger partial charge in [0.2, 0.25) is 0 Å². The van der Waals surface area contributed by atoms with Crippen LogP contribution in [0.25, 0.3) is 0 Å². The number of urea groups is 1. The van der Waals surface area contributed by atoms with E-state index >= 15 is 0 Å². The number of Topliss-reactive ketones (excluding diaryl/α,β-unsaturated/α-hetero) is 1. The molecule has 6 heteroatoms. The van der Waals surface area contributed by atoms with Crippen molar-refractivity contribution < 1.29 is 9.59 Å². The van der Waals surface area contributed by atoms with E-state index in [0.717, 1.165) is 22.4 Å². The van der Waals surface area contributed by atoms with Gasteiger partial charge in [0, 0.05) is 28.7 Å². The number of thiazole rings is 1. The van der Waals surface area contributed by atoms with Gasteiger partial charge in [0.25, 0.3) is 0 Å². The third-order valence-corrected chi connectivity index (χ3v) is 4.81. The molecule has 0 unspecified atom stereocenters. The first-order chi connectivity index (χ1) is 10.5. The van der Waals surface area contributed by atoms with Crippen LogP contribution in [0.15, 0.2) is 24.4 Å². The molecule has 0 atom stereocenters. The van der Waals surface area contributed by atoms with Gasteiger partial charge >= 0.3 is 6.03 Å². The summed E-state index contributed by atoms with van der Waals surface area (Å²) in [5, 5.41) is 6.09. The first kappa shape index (κ1) is 14.7. The van der Waals surface area contributed by atoms with Crippen LogP contribution in [0.3, 0.4) is 0 Å². The molecule has 0 bridgehead atoms. The van der Waals surface area contributed by atoms with E-state index in [2.05, 4.69) is 29.5 Å². The maximum absolute atomic E-state index is 12.0. The van der Waals surface area contributed by atoms with Crippen LogP contribution in [-0.2, 0) is 6.42 Å². The first-order valence-electron chi connectivity index (χ1n) is 7.23. The molecule has 1 heterocycles. The summed E-state index contributed by atoms with van der Waals surface area (Å²) in [4.78, 5) is 28.9. The third kappa shape index (κ3) is 3.01. The maximum atomic E-state index is 12.0. The average Bonchev–Trinajstić information content (AvgIpc) is 3.06. The Morgan fingerprint density at radius 2 is 2.09 bits per heavy atom. The van der Waals surface area contributed by atoms with Crippen LogP contribution in [0.4, 0.5) is 15.6 Å². The Kier molecular flexibility index (Phi) is 3.94. The fourth-order valence-corrected chi connectivity index (χ4v) is 3.22. The summed E-state index contributed by atoms with van der Waals surface area (Å²) in [6.45, 7) is 4.17. The van der Waals surface area contributed by atoms with Crippen molar-refractivity contribution in [1.82, 2.24) is 4.98 Å². The van der Waals surface area contributed by atoms with Gasteiger partial charge in [-0.05, 0) is 36.1 Å². The molecule has 1 aromatic heterocycles. The Morgan fingerprint density at radius 3 is 2.82 bits per heavy atom. The standard InChI is InChI=1S/C16H17N3O2S/c1-9(2)14-8-17-16(22-14)19-15(21)18-11-4-5-12-10(7-11)3-6-13(12)20/h4-5,7-9H,3,6H2,1-2H3,(H2,17,18,19,21). The number of nitrogens with zero attached hydrogens (tertiary/aromatic N) is 1. The molecule has 1 aliphatic rings. The zero-order chi connectivity index (χ0) is 15.7. The number of carbonyl (C=O) groups excluding carboxylic acids is 2. The minimum absolute atomic E-state index is 0.176. The van der Waals surface area contributed by atoms with Gasteiger partial charge in [-0.2, -0.15) is 0 Å². The largest absolute Gasteiger partial charge is 0.325 e. The summed E-state index contributed by atoms with van der Waals surface area (Å²) in [5.74, 6) is 0.570. The van der Waals surface area contributed by atoms with E-state index in [9.17, 15) is 9.59 Å². The number of fused-ring (bicyclic) bond motifs is 1. The number of hydrogen-bond acceptors (Lipinski definition) is 4. The lowest BCUT2D eigenvalue weighted by molar-refractivity contribution is 0.0994. The van der Waals surface area contributed by atoms with Crippen LogP contribution in [0.2, 0.25) is 0 Å². The Morgan fingerprint density at radius 1 is 1.27 bits per heavy atom. The number of carbonyl (C=O) groups is 2. The first-order valence-corrected chi connectivity index (χ1v) is 8.04. The van der Waals surface area contributed by atoms with E-state index in [1.165, 1.54) is 11.3 Å². The molecular formula is C16H17N3O2S. The second kappa shape index (κ2) is 5.88. The second-order valence-electron chi connectivity index (χ2n) is 5.60. The number of aromatic nitrogens is 1. The number of aryl methyl sites for hydroxylation is 1. The van der Waals surface area contributed by atoms with Crippen LogP contribution < -0.4 is 10.6 Å². The fourth-order valence-electron chi connectivity index (χ4n) is 2.40. The molecule has 2 aromatic rings. The Hall–Kier alpha value is -2.21. The molecule has 0 saturated heterocycles. The molecule has 22 heavy (non-hydrogen) atoms. The highest BCUT2D eigenvalue weighted by Gasteiger charge is 2.19. The lowest BCUT2D eigenvalue weighted by Gasteiger charge is -2.07. The number of anilines is 2. The van der Waals surface area contributed by atoms with E-state index in [1.54, 1.807) is 18.3 Å². The molecule has 1 aromatic carbocycles. The molecule has 2 N–H and O–H groups in total. The zero-order valence-electron chi connectivity index (χ0n) is 12.5. The third-order valence-electron chi connectivity index (χ3n) is 3.60. The molecule has 114 valence electrons. The molecule has 5 nitrogen and oxygen atoms in total. The molecular weight excluding hydrogens is 298 g/mol. The summed E-state index contributed by atoms with van der Waals surface area (Å²) in [6.07, 6.45) is 3.09. The minimum atomic E-state index is -0.325. The Balaban J connectivity index is 1.65. The summed E-state index contributed by atoms with van der Waals surface area (Å²) in [6, 6.07) is 5.07. The predicted molar refractivity (Wildman–Crippen MR) is 87.9 cm³/mol. The van der Waals surface area contributed by atoms with Gasteiger partial charge in [-0.1, -0.05) is 13.8 Å². The van der Waals surface area contributed by atoms with Gasteiger partial charge in [0.05, 0.1) is 0 Å². The highest BCUT2D eigenvalue weighted by atomic mass is 32.1. The normalized spacial score (nSPS) is 13.3. The molecule has 3 rings (SSSR count). The van der Waals surface area contributed by atoms with Gasteiger partial charge in [-0.25, -0.2) is 9.78 Å². The fraction of sp³-hybridized carbons (Fsp3) is 0.312. The monoisotopic (exact) mass is 315 g/mol. The summed E-state index contributed by atoms with van der Waals surface area (Å²) < 4.78 is 0. The highest BCUT2D eigenvalue weighted by molar-refractivity contribution is 7.15. The number of rotatable bonds is 3. The van der Waals surface area contributed by atoms with Crippen LogP contribution >= 0.6 is 11.3 Å². The topological polar surface area (TPSA) is 71.1 Å². The summed E-state index contributed by atoms with van der Waals surface area (Å²) in [5.41, 5.74) is 2.46. The van der Waals surface area contributed by atoms with E-state index in [0.29, 0.717) is 23.2 Å². The van der Waals surface area contributed by atoms with Crippen molar-refractivity contribution in [2.45, 2.75) is 32.6 Å². The Bertz CT molecular complexity index is 737. The van der Waals surface area contributed by atoms with E-state index in [4.69, 9.17) is 0 Å². The number of nitrogens with one attached hydrogen (secondary N) is 2. The van der Waals surface area contributed by atoms with Gasteiger partial charge in [0.1, 0.15) is 0 Å². The SMILES string of the molecule is CC(C)c1cnc(NC(=O)Nc2ccc3c(c2)CCC3=O)s1. The van der Waals surface area contributed by atoms with Crippen molar-refractivity contribution in [3.63, 3.8) is 0 Å². The van der Waals surface area contributed by atoms with Crippen molar-refractivity contribution in [2.75, 3.05) is 10.6 Å². The minimum Gasteiger partial charge on any atom is -0.308 e. The number of hydrogen-bond donors (Lipinski definition) is 2. The molecule has 2 amide bonds. The number of amides is 2. The van der Waals surface area contributed by atoms with Gasteiger partial charge in [0.15, 0.2) is 10.9 Å². The average molecular weight is 315 g/mol. The summed E-state index contributed by atoms with van der Waals surface area (Å²) in [7, 11) is 0. The lowest BCUT2D eigenvalue weighted by Crippen LogP contribution is -2.19. The highest BCUT2D eigenvalue weighted by Crippen LogP contribution is 2.26. The van der Waals surface area contributed by atoms with E-state index in [1.807, 2.05) is 6.07 Å². The quantitative estimate of drug-likeness (QED) is 0.898. The predicted octanol–water partition coefficient (Wildman–Crippen LogP) is 4.04. The van der Waals surface area contributed by atoms with Gasteiger partial charge in [-0.15, -0.1) is 11.3 Å². The van der Waals surface area contributed by atoms with E-state index < -0.39 is 0 Å². The molecule has 0 aliphatic heterocycles. The van der Waals surface area contributed by atoms with Crippen LogP contribution in [0, 0.1) is 0 Å². The molecule has 0 spiro atoms. The van der Waals surface area contributed by atoms with Gasteiger partial charge < -0.3 is 5.32 Å². The van der Waals surface area contributed by atoms with Crippen LogP contribution in [-0.4, -0.2) is 16.8 Å². The van der Waals surface area contributed by atoms with Crippen LogP contribution in [0.1, 0.15) is 47.0 Å². The van der Waals surface area contributed by atoms with Crippen molar-refractivity contribution >= 4 is 34.0 Å². The Labute approximate surface area is 132 Å². The van der Waals surface area contributed by atoms with Crippen LogP contribution in [0.5, 0.6) is 0 Å². The smallest absolute Gasteiger partial charge is 0.308 e. The van der Waals surface area contributed by atoms with Crippen molar-refractivity contribution in [2.24, 2.45) is 0 Å². The van der Waals surface area contributed by atoms with Gasteiger partial charge in [-0.3, -0.25) is 10.1 Å². The lowest BCUT2D eigenvalue weighted by atomic mass is 10.1. The second-order valence-corrected chi connectivity index (χ2v) is 6.66. The number of benzene rings is 1. The molecule has 0 saturated carbocycles. The zero-order valence-corrected chi connectivity index (χ0v) is 13.3. The molecule has 1 aliphatic carbocycles. The van der Waals surface area contributed by atoms with Crippen molar-refractivity contribution in [3.05, 3.63) is 40.4 Å². The summed E-state index contributed by atoms with van der Waals surface area (Å²) >= 11 is 1.47.